The van der Waals surface area contributed by atoms with E-state index in [1.807, 2.05) is 0 Å². The maximum atomic E-state index is 13.0. The van der Waals surface area contributed by atoms with Crippen molar-refractivity contribution in [2.75, 3.05) is 32.8 Å². The molecule has 5 nitrogen and oxygen atoms in total. The van der Waals surface area contributed by atoms with Crippen LogP contribution in [0.5, 0.6) is 0 Å². The monoisotopic (exact) mass is 325 g/mol. The molecular weight excluding hydrogens is 290 g/mol. The van der Waals surface area contributed by atoms with Crippen molar-refractivity contribution in [1.82, 2.24) is 14.7 Å². The van der Waals surface area contributed by atoms with Gasteiger partial charge in [0.2, 0.25) is 5.91 Å². The zero-order chi connectivity index (χ0) is 17.0. The van der Waals surface area contributed by atoms with E-state index in [1.54, 1.807) is 0 Å². The number of aliphatic hydroxyl groups excluding tert-OH is 1. The third-order valence-electron chi connectivity index (χ3n) is 5.90. The van der Waals surface area contributed by atoms with Crippen molar-refractivity contribution >= 4 is 5.91 Å². The maximum absolute atomic E-state index is 13.0. The van der Waals surface area contributed by atoms with Gasteiger partial charge in [0.1, 0.15) is 0 Å². The smallest absolute Gasteiger partial charge is 0.240 e. The van der Waals surface area contributed by atoms with Crippen LogP contribution in [0.3, 0.4) is 0 Å². The Kier molecular flexibility index (Phi) is 6.86. The maximum Gasteiger partial charge on any atom is 0.240 e. The lowest BCUT2D eigenvalue weighted by molar-refractivity contribution is -0.143. The molecular formula is C18H35N3O2. The second kappa shape index (κ2) is 8.45. The SMILES string of the molecule is CCC(CO)N1CCN(C(C)C(=O)N2C(C)CCCC2C)CC1. The van der Waals surface area contributed by atoms with E-state index in [0.717, 1.165) is 45.4 Å². The molecule has 4 unspecified atom stereocenters. The van der Waals surface area contributed by atoms with Gasteiger partial charge in [-0.25, -0.2) is 0 Å². The molecule has 2 heterocycles. The molecule has 2 rings (SSSR count). The standard InChI is InChI=1S/C18H35N3O2/c1-5-17(13-22)20-11-9-19(10-12-20)16(4)18(23)21-14(2)7-6-8-15(21)3/h14-17,22H,5-13H2,1-4H3. The number of amides is 1. The molecule has 5 heteroatoms. The van der Waals surface area contributed by atoms with Crippen molar-refractivity contribution < 1.29 is 9.90 Å². The van der Waals surface area contributed by atoms with Gasteiger partial charge in [0, 0.05) is 44.3 Å². The largest absolute Gasteiger partial charge is 0.395 e. The van der Waals surface area contributed by atoms with E-state index < -0.39 is 0 Å². The first kappa shape index (κ1) is 18.7. The van der Waals surface area contributed by atoms with Gasteiger partial charge in [-0.3, -0.25) is 14.6 Å². The molecule has 0 saturated carbocycles. The van der Waals surface area contributed by atoms with Gasteiger partial charge in [-0.15, -0.1) is 0 Å². The van der Waals surface area contributed by atoms with Crippen LogP contribution in [0.15, 0.2) is 0 Å². The summed E-state index contributed by atoms with van der Waals surface area (Å²) in [6.07, 6.45) is 4.48. The van der Waals surface area contributed by atoms with Gasteiger partial charge >= 0.3 is 0 Å². The highest BCUT2D eigenvalue weighted by molar-refractivity contribution is 5.82. The van der Waals surface area contributed by atoms with Gasteiger partial charge in [0.25, 0.3) is 0 Å². The average molecular weight is 325 g/mol. The fraction of sp³-hybridized carbons (Fsp3) is 0.944. The van der Waals surface area contributed by atoms with E-state index in [1.165, 1.54) is 6.42 Å². The Morgan fingerprint density at radius 2 is 1.61 bits per heavy atom. The lowest BCUT2D eigenvalue weighted by atomic mass is 9.96. The summed E-state index contributed by atoms with van der Waals surface area (Å²) in [5, 5.41) is 9.45. The molecule has 2 saturated heterocycles. The highest BCUT2D eigenvalue weighted by Gasteiger charge is 2.35. The van der Waals surface area contributed by atoms with Gasteiger partial charge in [-0.2, -0.15) is 0 Å². The Bertz CT molecular complexity index is 368. The predicted octanol–water partition coefficient (Wildman–Crippen LogP) is 1.55. The first-order valence-electron chi connectivity index (χ1n) is 9.40. The summed E-state index contributed by atoms with van der Waals surface area (Å²) in [4.78, 5) is 19.8. The van der Waals surface area contributed by atoms with Crippen LogP contribution in [0.2, 0.25) is 0 Å². The molecule has 23 heavy (non-hydrogen) atoms. The Labute approximate surface area is 141 Å². The zero-order valence-electron chi connectivity index (χ0n) is 15.4. The summed E-state index contributed by atoms with van der Waals surface area (Å²) in [7, 11) is 0. The van der Waals surface area contributed by atoms with Crippen molar-refractivity contribution in [1.29, 1.82) is 0 Å². The first-order valence-corrected chi connectivity index (χ1v) is 9.40. The number of hydrogen-bond acceptors (Lipinski definition) is 4. The molecule has 2 aliphatic heterocycles. The van der Waals surface area contributed by atoms with Crippen LogP contribution in [0, 0.1) is 0 Å². The lowest BCUT2D eigenvalue weighted by Crippen LogP contribution is -2.59. The number of carbonyl (C=O) groups is 1. The Morgan fingerprint density at radius 3 is 2.09 bits per heavy atom. The molecule has 1 N–H and O–H groups in total. The minimum Gasteiger partial charge on any atom is -0.395 e. The second-order valence-electron chi connectivity index (χ2n) is 7.37. The number of hydrogen-bond donors (Lipinski definition) is 1. The third-order valence-corrected chi connectivity index (χ3v) is 5.90. The number of rotatable bonds is 5. The van der Waals surface area contributed by atoms with Crippen molar-refractivity contribution in [3.63, 3.8) is 0 Å². The molecule has 0 aromatic heterocycles. The van der Waals surface area contributed by atoms with Crippen LogP contribution >= 0.6 is 0 Å². The molecule has 4 atom stereocenters. The molecule has 1 amide bonds. The molecule has 0 radical (unpaired) electrons. The molecule has 0 aromatic carbocycles. The van der Waals surface area contributed by atoms with Gasteiger partial charge < -0.3 is 10.0 Å². The predicted molar refractivity (Wildman–Crippen MR) is 93.4 cm³/mol. The van der Waals surface area contributed by atoms with Crippen LogP contribution < -0.4 is 0 Å². The fourth-order valence-electron chi connectivity index (χ4n) is 4.22. The number of aliphatic hydroxyl groups is 1. The minimum atomic E-state index is -0.0330. The van der Waals surface area contributed by atoms with Crippen molar-refractivity contribution in [3.05, 3.63) is 0 Å². The number of likely N-dealkylation sites (tertiary alicyclic amines) is 1. The quantitative estimate of drug-likeness (QED) is 0.833. The summed E-state index contributed by atoms with van der Waals surface area (Å²) in [6.45, 7) is 12.5. The van der Waals surface area contributed by atoms with Gasteiger partial charge in [0.05, 0.1) is 12.6 Å². The molecule has 0 aliphatic carbocycles. The molecule has 0 spiro atoms. The molecule has 0 bridgehead atoms. The third kappa shape index (κ3) is 4.25. The van der Waals surface area contributed by atoms with Gasteiger partial charge in [-0.1, -0.05) is 6.92 Å². The highest BCUT2D eigenvalue weighted by atomic mass is 16.3. The Morgan fingerprint density at radius 1 is 1.09 bits per heavy atom. The minimum absolute atomic E-state index is 0.0330. The average Bonchev–Trinajstić information content (AvgIpc) is 2.55. The highest BCUT2D eigenvalue weighted by Crippen LogP contribution is 2.24. The molecule has 2 fully saturated rings. The summed E-state index contributed by atoms with van der Waals surface area (Å²) < 4.78 is 0. The van der Waals surface area contributed by atoms with E-state index in [9.17, 15) is 9.90 Å². The fourth-order valence-corrected chi connectivity index (χ4v) is 4.22. The Hall–Kier alpha value is -0.650. The number of nitrogens with zero attached hydrogens (tertiary/aromatic N) is 3. The summed E-state index contributed by atoms with van der Waals surface area (Å²) >= 11 is 0. The van der Waals surface area contributed by atoms with Crippen LogP contribution in [0.4, 0.5) is 0 Å². The summed E-state index contributed by atoms with van der Waals surface area (Å²) in [6, 6.07) is 0.974. The van der Waals surface area contributed by atoms with Gasteiger partial charge in [-0.05, 0) is 46.5 Å². The number of carbonyl (C=O) groups excluding carboxylic acids is 1. The van der Waals surface area contributed by atoms with Crippen molar-refractivity contribution in [3.8, 4) is 0 Å². The van der Waals surface area contributed by atoms with E-state index in [4.69, 9.17) is 0 Å². The van der Waals surface area contributed by atoms with Crippen molar-refractivity contribution in [2.24, 2.45) is 0 Å². The van der Waals surface area contributed by atoms with Crippen LogP contribution in [0.25, 0.3) is 0 Å². The molecule has 134 valence electrons. The van der Waals surface area contributed by atoms with Crippen LogP contribution in [0.1, 0.15) is 53.4 Å². The number of piperazine rings is 1. The normalized spacial score (nSPS) is 30.2. The summed E-state index contributed by atoms with van der Waals surface area (Å²) in [5.41, 5.74) is 0. The van der Waals surface area contributed by atoms with Crippen LogP contribution in [-0.4, -0.2) is 82.7 Å². The topological polar surface area (TPSA) is 47.0 Å². The second-order valence-corrected chi connectivity index (χ2v) is 7.37. The van der Waals surface area contributed by atoms with E-state index in [2.05, 4.69) is 42.4 Å². The molecule has 2 aliphatic rings. The van der Waals surface area contributed by atoms with E-state index in [-0.39, 0.29) is 18.7 Å². The lowest BCUT2D eigenvalue weighted by Gasteiger charge is -2.44. The van der Waals surface area contributed by atoms with E-state index >= 15 is 0 Å². The van der Waals surface area contributed by atoms with Crippen molar-refractivity contribution in [2.45, 2.75) is 77.5 Å². The Balaban J connectivity index is 1.91. The van der Waals surface area contributed by atoms with Crippen LogP contribution in [-0.2, 0) is 4.79 Å². The number of piperidine rings is 1. The molecule has 0 aromatic rings. The van der Waals surface area contributed by atoms with Gasteiger partial charge in [0.15, 0.2) is 0 Å². The zero-order valence-corrected chi connectivity index (χ0v) is 15.4. The van der Waals surface area contributed by atoms with E-state index in [0.29, 0.717) is 18.0 Å². The summed E-state index contributed by atoms with van der Waals surface area (Å²) in [5.74, 6) is 0.298. The first-order chi connectivity index (χ1) is 11.0.